The summed E-state index contributed by atoms with van der Waals surface area (Å²) in [5.41, 5.74) is 1.14. The summed E-state index contributed by atoms with van der Waals surface area (Å²) >= 11 is 0. The minimum Gasteiger partial charge on any atom is -0.393 e. The molecule has 1 saturated carbocycles. The van der Waals surface area contributed by atoms with Gasteiger partial charge in [0.2, 0.25) is 0 Å². The Morgan fingerprint density at radius 1 is 1.29 bits per heavy atom. The molecule has 0 saturated heterocycles. The van der Waals surface area contributed by atoms with Crippen molar-refractivity contribution < 1.29 is 5.11 Å². The van der Waals surface area contributed by atoms with E-state index in [9.17, 15) is 5.11 Å². The number of aryl methyl sites for hydroxylation is 1. The van der Waals surface area contributed by atoms with Crippen LogP contribution in [-0.4, -0.2) is 21.2 Å². The van der Waals surface area contributed by atoms with Gasteiger partial charge in [-0.15, -0.1) is 0 Å². The van der Waals surface area contributed by atoms with Crippen molar-refractivity contribution in [2.75, 3.05) is 0 Å². The second-order valence-corrected chi connectivity index (χ2v) is 4.03. The van der Waals surface area contributed by atoms with Crippen molar-refractivity contribution in [2.24, 2.45) is 0 Å². The van der Waals surface area contributed by atoms with Gasteiger partial charge in [0.1, 0.15) is 5.82 Å². The van der Waals surface area contributed by atoms with Gasteiger partial charge < -0.3 is 5.11 Å². The van der Waals surface area contributed by atoms with Crippen molar-refractivity contribution in [3.05, 3.63) is 23.8 Å². The van der Waals surface area contributed by atoms with Crippen LogP contribution in [0.4, 0.5) is 0 Å². The Hall–Kier alpha value is -0.960. The minimum atomic E-state index is -0.0887. The first-order chi connectivity index (χ1) is 6.75. The van der Waals surface area contributed by atoms with Crippen LogP contribution in [0.5, 0.6) is 0 Å². The van der Waals surface area contributed by atoms with Gasteiger partial charge in [-0.2, -0.15) is 0 Å². The lowest BCUT2D eigenvalue weighted by molar-refractivity contribution is 0.122. The van der Waals surface area contributed by atoms with Crippen LogP contribution in [0.1, 0.15) is 43.1 Å². The van der Waals surface area contributed by atoms with E-state index < -0.39 is 0 Å². The first kappa shape index (κ1) is 9.59. The van der Waals surface area contributed by atoms with Crippen LogP contribution in [0, 0.1) is 6.92 Å². The molecule has 0 aliphatic heterocycles. The van der Waals surface area contributed by atoms with Gasteiger partial charge in [-0.1, -0.05) is 0 Å². The summed E-state index contributed by atoms with van der Waals surface area (Å²) in [5.74, 6) is 1.37. The summed E-state index contributed by atoms with van der Waals surface area (Å²) in [6.45, 7) is 1.92. The zero-order chi connectivity index (χ0) is 9.97. The van der Waals surface area contributed by atoms with Gasteiger partial charge >= 0.3 is 0 Å². The number of nitrogens with zero attached hydrogens (tertiary/aromatic N) is 2. The Balaban J connectivity index is 2.08. The Bertz CT molecular complexity index is 306. The molecule has 1 aromatic rings. The van der Waals surface area contributed by atoms with Crippen LogP contribution in [-0.2, 0) is 0 Å². The van der Waals surface area contributed by atoms with E-state index in [-0.39, 0.29) is 6.10 Å². The van der Waals surface area contributed by atoms with Crippen molar-refractivity contribution >= 4 is 0 Å². The summed E-state index contributed by atoms with van der Waals surface area (Å²) in [7, 11) is 0. The molecule has 0 bridgehead atoms. The highest BCUT2D eigenvalue weighted by molar-refractivity contribution is 5.09. The second-order valence-electron chi connectivity index (χ2n) is 4.03. The lowest BCUT2D eigenvalue weighted by atomic mass is 9.85. The summed E-state index contributed by atoms with van der Waals surface area (Å²) < 4.78 is 0. The minimum absolute atomic E-state index is 0.0887. The van der Waals surface area contributed by atoms with Gasteiger partial charge in [0, 0.05) is 17.8 Å². The van der Waals surface area contributed by atoms with Crippen molar-refractivity contribution in [1.82, 2.24) is 9.97 Å². The van der Waals surface area contributed by atoms with Crippen LogP contribution in [0.25, 0.3) is 0 Å². The maximum absolute atomic E-state index is 9.40. The van der Waals surface area contributed by atoms with Crippen LogP contribution < -0.4 is 0 Å². The third-order valence-corrected chi connectivity index (χ3v) is 2.91. The predicted molar refractivity (Wildman–Crippen MR) is 54.0 cm³/mol. The number of hydrogen-bond donors (Lipinski definition) is 1. The molecule has 1 aliphatic carbocycles. The van der Waals surface area contributed by atoms with Crippen molar-refractivity contribution in [3.8, 4) is 0 Å². The van der Waals surface area contributed by atoms with E-state index in [1.165, 1.54) is 0 Å². The highest BCUT2D eigenvalue weighted by Gasteiger charge is 2.21. The molecule has 0 atom stereocenters. The molecule has 1 aromatic heterocycles. The molecular weight excluding hydrogens is 176 g/mol. The fraction of sp³-hybridized carbons (Fsp3) is 0.636. The van der Waals surface area contributed by atoms with E-state index in [0.29, 0.717) is 5.92 Å². The normalized spacial score (nSPS) is 27.6. The topological polar surface area (TPSA) is 46.0 Å². The molecule has 0 spiro atoms. The molecule has 1 fully saturated rings. The van der Waals surface area contributed by atoms with Crippen LogP contribution >= 0.6 is 0 Å². The molecule has 3 nitrogen and oxygen atoms in total. The lowest BCUT2D eigenvalue weighted by Gasteiger charge is -2.24. The fourth-order valence-corrected chi connectivity index (χ4v) is 2.07. The van der Waals surface area contributed by atoms with E-state index in [1.807, 2.05) is 19.2 Å². The molecule has 1 N–H and O–H groups in total. The first-order valence-corrected chi connectivity index (χ1v) is 5.23. The molecule has 1 heterocycles. The van der Waals surface area contributed by atoms with Gasteiger partial charge in [-0.25, -0.2) is 9.97 Å². The van der Waals surface area contributed by atoms with Crippen molar-refractivity contribution in [3.63, 3.8) is 0 Å². The standard InChI is InChI=1S/C11H16N2O/c1-8-12-7-6-11(13-8)9-2-4-10(14)5-3-9/h6-7,9-10,14H,2-5H2,1H3/t9-,10-. The SMILES string of the molecule is Cc1nccc([C@H]2CC[C@H](O)CC2)n1. The summed E-state index contributed by atoms with van der Waals surface area (Å²) in [6.07, 6.45) is 5.66. The fourth-order valence-electron chi connectivity index (χ4n) is 2.07. The molecule has 76 valence electrons. The van der Waals surface area contributed by atoms with Crippen molar-refractivity contribution in [2.45, 2.75) is 44.6 Å². The molecular formula is C11H16N2O. The average Bonchev–Trinajstić information content (AvgIpc) is 2.19. The summed E-state index contributed by atoms with van der Waals surface area (Å²) in [6, 6.07) is 2.00. The molecule has 0 radical (unpaired) electrons. The monoisotopic (exact) mass is 192 g/mol. The van der Waals surface area contributed by atoms with Gasteiger partial charge in [0.25, 0.3) is 0 Å². The summed E-state index contributed by atoms with van der Waals surface area (Å²) in [5, 5.41) is 9.40. The van der Waals surface area contributed by atoms with Gasteiger partial charge in [-0.3, -0.25) is 0 Å². The molecule has 3 heteroatoms. The third kappa shape index (κ3) is 2.10. The number of aromatic nitrogens is 2. The first-order valence-electron chi connectivity index (χ1n) is 5.23. The van der Waals surface area contributed by atoms with Crippen LogP contribution in [0.15, 0.2) is 12.3 Å². The number of rotatable bonds is 1. The Kier molecular flexibility index (Phi) is 2.77. The molecule has 14 heavy (non-hydrogen) atoms. The predicted octanol–water partition coefficient (Wildman–Crippen LogP) is 1.80. The second kappa shape index (κ2) is 4.05. The van der Waals surface area contributed by atoms with Gasteiger partial charge in [0.15, 0.2) is 0 Å². The van der Waals surface area contributed by atoms with Crippen LogP contribution in [0.3, 0.4) is 0 Å². The van der Waals surface area contributed by atoms with Gasteiger partial charge in [-0.05, 0) is 38.7 Å². The highest BCUT2D eigenvalue weighted by Crippen LogP contribution is 2.31. The summed E-state index contributed by atoms with van der Waals surface area (Å²) in [4.78, 5) is 8.52. The average molecular weight is 192 g/mol. The molecule has 2 rings (SSSR count). The molecule has 1 aliphatic rings. The molecule has 0 aromatic carbocycles. The third-order valence-electron chi connectivity index (χ3n) is 2.91. The highest BCUT2D eigenvalue weighted by atomic mass is 16.3. The van der Waals surface area contributed by atoms with Crippen molar-refractivity contribution in [1.29, 1.82) is 0 Å². The Labute approximate surface area is 84.2 Å². The molecule has 0 unspecified atom stereocenters. The maximum atomic E-state index is 9.40. The number of aliphatic hydroxyl groups excluding tert-OH is 1. The lowest BCUT2D eigenvalue weighted by Crippen LogP contribution is -2.17. The quantitative estimate of drug-likeness (QED) is 0.738. The Morgan fingerprint density at radius 3 is 2.64 bits per heavy atom. The van der Waals surface area contributed by atoms with E-state index in [0.717, 1.165) is 37.2 Å². The smallest absolute Gasteiger partial charge is 0.125 e. The van der Waals surface area contributed by atoms with E-state index in [4.69, 9.17) is 0 Å². The molecule has 0 amide bonds. The van der Waals surface area contributed by atoms with E-state index in [1.54, 1.807) is 0 Å². The van der Waals surface area contributed by atoms with E-state index in [2.05, 4.69) is 9.97 Å². The Morgan fingerprint density at radius 2 is 2.00 bits per heavy atom. The number of aliphatic hydroxyl groups is 1. The largest absolute Gasteiger partial charge is 0.393 e. The van der Waals surface area contributed by atoms with Crippen LogP contribution in [0.2, 0.25) is 0 Å². The maximum Gasteiger partial charge on any atom is 0.125 e. The number of hydrogen-bond acceptors (Lipinski definition) is 3. The van der Waals surface area contributed by atoms with E-state index >= 15 is 0 Å². The zero-order valence-corrected chi connectivity index (χ0v) is 8.48. The van der Waals surface area contributed by atoms with Gasteiger partial charge in [0.05, 0.1) is 6.10 Å². The zero-order valence-electron chi connectivity index (χ0n) is 8.48.